The fourth-order valence-corrected chi connectivity index (χ4v) is 0.709. The molecule has 0 heterocycles. The molecule has 0 fully saturated rings. The van der Waals surface area contributed by atoms with E-state index in [1.54, 1.807) is 0 Å². The molecular formula is C6H10F3NO3. The molecule has 0 radical (unpaired) electrons. The molecule has 0 saturated heterocycles. The van der Waals surface area contributed by atoms with Crippen LogP contribution in [0.2, 0.25) is 0 Å². The molecule has 1 unspecified atom stereocenters. The Morgan fingerprint density at radius 2 is 2.00 bits per heavy atom. The quantitative estimate of drug-likeness (QED) is 0.708. The zero-order valence-electron chi connectivity index (χ0n) is 6.89. The van der Waals surface area contributed by atoms with E-state index in [1.807, 2.05) is 0 Å². The second-order valence-corrected chi connectivity index (χ2v) is 2.90. The zero-order valence-corrected chi connectivity index (χ0v) is 6.89. The number of aliphatic hydroxyl groups is 1. The lowest BCUT2D eigenvalue weighted by molar-refractivity contribution is -0.179. The number of carbonyl (C=O) groups excluding carboxylic acids is 1. The monoisotopic (exact) mass is 201 g/mol. The van der Waals surface area contributed by atoms with Crippen LogP contribution >= 0.6 is 0 Å². The third kappa shape index (κ3) is 7.38. The van der Waals surface area contributed by atoms with E-state index in [2.05, 4.69) is 10.5 Å². The van der Waals surface area contributed by atoms with Crippen molar-refractivity contribution >= 4 is 6.09 Å². The number of ether oxygens (including phenoxy) is 1. The summed E-state index contributed by atoms with van der Waals surface area (Å²) in [5, 5.41) is 9.05. The number of halogens is 3. The number of alkyl halides is 3. The van der Waals surface area contributed by atoms with Gasteiger partial charge in [-0.25, -0.2) is 4.79 Å². The molecule has 0 aliphatic rings. The molecule has 0 spiro atoms. The second kappa shape index (κ2) is 3.82. The Bertz CT molecular complexity index is 190. The molecule has 13 heavy (non-hydrogen) atoms. The average Bonchev–Trinajstić information content (AvgIpc) is 1.78. The lowest BCUT2D eigenvalue weighted by Gasteiger charge is -2.23. The molecular weight excluding hydrogens is 191 g/mol. The summed E-state index contributed by atoms with van der Waals surface area (Å²) in [5.41, 5.74) is 2.38. The van der Waals surface area contributed by atoms with Crippen LogP contribution in [0.4, 0.5) is 18.0 Å². The van der Waals surface area contributed by atoms with Gasteiger partial charge in [0.25, 0.3) is 0 Å². The average molecular weight is 201 g/mol. The van der Waals surface area contributed by atoms with Gasteiger partial charge in [0.05, 0.1) is 6.42 Å². The summed E-state index contributed by atoms with van der Waals surface area (Å²) in [6.45, 7) is 0.130. The van der Waals surface area contributed by atoms with Gasteiger partial charge in [-0.1, -0.05) is 0 Å². The Balaban J connectivity index is 4.01. The number of amides is 1. The lowest BCUT2D eigenvalue weighted by atomic mass is 10.0. The summed E-state index contributed by atoms with van der Waals surface area (Å²) in [6.07, 6.45) is -7.18. The van der Waals surface area contributed by atoms with Crippen molar-refractivity contribution in [1.82, 2.24) is 0 Å². The van der Waals surface area contributed by atoms with E-state index in [1.165, 1.54) is 0 Å². The van der Waals surface area contributed by atoms with Crippen molar-refractivity contribution in [2.24, 2.45) is 5.73 Å². The summed E-state index contributed by atoms with van der Waals surface area (Å²) < 4.78 is 39.3. The Hall–Kier alpha value is -0.980. The molecule has 0 aliphatic carbocycles. The van der Waals surface area contributed by atoms with E-state index in [0.29, 0.717) is 0 Å². The minimum Gasteiger partial charge on any atom is -0.447 e. The van der Waals surface area contributed by atoms with Crippen molar-refractivity contribution < 1.29 is 27.8 Å². The van der Waals surface area contributed by atoms with Crippen LogP contribution in [-0.2, 0) is 4.74 Å². The first-order valence-corrected chi connectivity index (χ1v) is 3.34. The van der Waals surface area contributed by atoms with Crippen LogP contribution in [-0.4, -0.2) is 29.6 Å². The molecule has 4 nitrogen and oxygen atoms in total. The highest BCUT2D eigenvalue weighted by Gasteiger charge is 2.38. The standard InChI is InChI=1S/C6H10F3NO3/c1-5(12,2-6(7,8)9)3-13-4(10)11/h12H,2-3H2,1H3,(H2,10,11). The summed E-state index contributed by atoms with van der Waals surface area (Å²) in [4.78, 5) is 10.0. The minimum absolute atomic E-state index is 0.776. The van der Waals surface area contributed by atoms with Gasteiger partial charge in [0, 0.05) is 0 Å². The fraction of sp³-hybridized carbons (Fsp3) is 0.833. The number of primary amides is 1. The van der Waals surface area contributed by atoms with E-state index in [0.717, 1.165) is 6.92 Å². The Kier molecular flexibility index (Phi) is 3.53. The maximum Gasteiger partial charge on any atom is 0.404 e. The third-order valence-electron chi connectivity index (χ3n) is 1.11. The predicted molar refractivity (Wildman–Crippen MR) is 36.8 cm³/mol. The Labute approximate surface area is 72.5 Å². The van der Waals surface area contributed by atoms with Gasteiger partial charge in [-0.05, 0) is 6.92 Å². The molecule has 0 bridgehead atoms. The van der Waals surface area contributed by atoms with E-state index in [9.17, 15) is 18.0 Å². The molecule has 78 valence electrons. The first-order chi connectivity index (χ1) is 5.62. The molecule has 0 aromatic heterocycles. The highest BCUT2D eigenvalue weighted by Crippen LogP contribution is 2.27. The van der Waals surface area contributed by atoms with Crippen molar-refractivity contribution in [3.63, 3.8) is 0 Å². The van der Waals surface area contributed by atoms with Crippen LogP contribution in [0.5, 0.6) is 0 Å². The minimum atomic E-state index is -4.51. The van der Waals surface area contributed by atoms with E-state index in [4.69, 9.17) is 5.11 Å². The maximum atomic E-state index is 11.7. The molecule has 0 aromatic carbocycles. The van der Waals surface area contributed by atoms with Crippen molar-refractivity contribution in [3.05, 3.63) is 0 Å². The van der Waals surface area contributed by atoms with Crippen LogP contribution in [0.15, 0.2) is 0 Å². The second-order valence-electron chi connectivity index (χ2n) is 2.90. The number of hydrogen-bond acceptors (Lipinski definition) is 3. The maximum absolute atomic E-state index is 11.7. The molecule has 1 amide bonds. The van der Waals surface area contributed by atoms with Gasteiger partial charge in [0.2, 0.25) is 0 Å². The van der Waals surface area contributed by atoms with Gasteiger partial charge in [-0.2, -0.15) is 13.2 Å². The molecule has 0 rings (SSSR count). The number of carbonyl (C=O) groups is 1. The lowest BCUT2D eigenvalue weighted by Crippen LogP contribution is -2.37. The van der Waals surface area contributed by atoms with Crippen molar-refractivity contribution in [2.75, 3.05) is 6.61 Å². The highest BCUT2D eigenvalue weighted by molar-refractivity contribution is 5.64. The normalized spacial score (nSPS) is 16.4. The largest absolute Gasteiger partial charge is 0.447 e. The van der Waals surface area contributed by atoms with Gasteiger partial charge >= 0.3 is 12.3 Å². The van der Waals surface area contributed by atoms with E-state index in [-0.39, 0.29) is 0 Å². The molecule has 3 N–H and O–H groups in total. The van der Waals surface area contributed by atoms with Crippen LogP contribution in [0.25, 0.3) is 0 Å². The molecule has 0 aromatic rings. The number of nitrogens with two attached hydrogens (primary N) is 1. The first-order valence-electron chi connectivity index (χ1n) is 3.34. The van der Waals surface area contributed by atoms with Gasteiger partial charge in [-0.15, -0.1) is 0 Å². The van der Waals surface area contributed by atoms with Gasteiger partial charge in [-0.3, -0.25) is 0 Å². The first kappa shape index (κ1) is 12.0. The van der Waals surface area contributed by atoms with Crippen LogP contribution in [0.1, 0.15) is 13.3 Å². The van der Waals surface area contributed by atoms with Crippen molar-refractivity contribution in [2.45, 2.75) is 25.1 Å². The fourth-order valence-electron chi connectivity index (χ4n) is 0.709. The molecule has 0 saturated carbocycles. The number of rotatable bonds is 3. The number of hydrogen-bond donors (Lipinski definition) is 2. The van der Waals surface area contributed by atoms with Crippen molar-refractivity contribution in [3.8, 4) is 0 Å². The predicted octanol–water partition coefficient (Wildman–Crippen LogP) is 0.785. The zero-order chi connectivity index (χ0) is 10.7. The van der Waals surface area contributed by atoms with Gasteiger partial charge < -0.3 is 15.6 Å². The van der Waals surface area contributed by atoms with Crippen LogP contribution in [0, 0.1) is 0 Å². The van der Waals surface area contributed by atoms with Crippen molar-refractivity contribution in [1.29, 1.82) is 0 Å². The highest BCUT2D eigenvalue weighted by atomic mass is 19.4. The molecule has 1 atom stereocenters. The topological polar surface area (TPSA) is 72.6 Å². The van der Waals surface area contributed by atoms with Gasteiger partial charge in [0.15, 0.2) is 0 Å². The summed E-state index contributed by atoms with van der Waals surface area (Å²) in [5.74, 6) is 0. The summed E-state index contributed by atoms with van der Waals surface area (Å²) in [6, 6.07) is 0. The van der Waals surface area contributed by atoms with Crippen LogP contribution < -0.4 is 5.73 Å². The Morgan fingerprint density at radius 1 is 1.54 bits per heavy atom. The van der Waals surface area contributed by atoms with E-state index < -0.39 is 30.9 Å². The van der Waals surface area contributed by atoms with Crippen LogP contribution in [0.3, 0.4) is 0 Å². The molecule has 0 aliphatic heterocycles. The Morgan fingerprint density at radius 3 is 2.31 bits per heavy atom. The summed E-state index contributed by atoms with van der Waals surface area (Å²) >= 11 is 0. The summed E-state index contributed by atoms with van der Waals surface area (Å²) in [7, 11) is 0. The SMILES string of the molecule is CC(O)(COC(N)=O)CC(F)(F)F. The van der Waals surface area contributed by atoms with E-state index >= 15 is 0 Å². The van der Waals surface area contributed by atoms with Gasteiger partial charge in [0.1, 0.15) is 12.2 Å². The third-order valence-corrected chi connectivity index (χ3v) is 1.11. The smallest absolute Gasteiger partial charge is 0.404 e. The molecule has 7 heteroatoms.